The second-order valence-electron chi connectivity index (χ2n) is 9.70. The Bertz CT molecular complexity index is 1420. The molecular weight excluding hydrogens is 520 g/mol. The molecule has 1 amide bonds. The maximum Gasteiger partial charge on any atom is 0.573 e. The zero-order chi connectivity index (χ0) is 27.7. The Hall–Kier alpha value is -4.09. The summed E-state index contributed by atoms with van der Waals surface area (Å²) in [6.45, 7) is 0.0223. The van der Waals surface area contributed by atoms with Crippen molar-refractivity contribution in [1.29, 1.82) is 0 Å². The van der Waals surface area contributed by atoms with E-state index in [4.69, 9.17) is 10.5 Å². The van der Waals surface area contributed by atoms with Gasteiger partial charge in [0.25, 0.3) is 5.56 Å². The number of anilines is 1. The third kappa shape index (κ3) is 5.84. The van der Waals surface area contributed by atoms with Crippen molar-refractivity contribution >= 4 is 12.0 Å². The average Bonchev–Trinajstić information content (AvgIpc) is 2.84. The molecule has 39 heavy (non-hydrogen) atoms. The molecule has 0 saturated heterocycles. The highest BCUT2D eigenvalue weighted by Crippen LogP contribution is 2.39. The molecule has 3 aromatic rings. The molecule has 1 saturated carbocycles. The van der Waals surface area contributed by atoms with Crippen molar-refractivity contribution < 1.29 is 31.8 Å². The fraction of sp³-hybridized carbons (Fsp3) is 0.370. The Kier molecular flexibility index (Phi) is 7.19. The number of amides is 1. The second kappa shape index (κ2) is 10.6. The van der Waals surface area contributed by atoms with E-state index in [1.165, 1.54) is 4.90 Å². The minimum absolute atomic E-state index is 0.0631. The van der Waals surface area contributed by atoms with E-state index in [-0.39, 0.29) is 37.1 Å². The van der Waals surface area contributed by atoms with Gasteiger partial charge in [-0.05, 0) is 49.3 Å². The first kappa shape index (κ1) is 26.5. The predicted octanol–water partition coefficient (Wildman–Crippen LogP) is 5.00. The molecular formula is C27H26F4N4O4. The van der Waals surface area contributed by atoms with Crippen molar-refractivity contribution in [2.45, 2.75) is 51.1 Å². The summed E-state index contributed by atoms with van der Waals surface area (Å²) in [6.07, 6.45) is -1.99. The van der Waals surface area contributed by atoms with Crippen LogP contribution in [0.3, 0.4) is 0 Å². The summed E-state index contributed by atoms with van der Waals surface area (Å²) in [4.78, 5) is 32.0. The van der Waals surface area contributed by atoms with Crippen LogP contribution in [0.4, 0.5) is 28.3 Å². The highest BCUT2D eigenvalue weighted by Gasteiger charge is 2.34. The Balaban J connectivity index is 1.33. The molecule has 1 aromatic heterocycles. The lowest BCUT2D eigenvalue weighted by atomic mass is 9.77. The van der Waals surface area contributed by atoms with E-state index in [0.29, 0.717) is 29.7 Å². The Morgan fingerprint density at radius 3 is 2.54 bits per heavy atom. The number of fused-ring (bicyclic) bond motifs is 1. The van der Waals surface area contributed by atoms with Crippen molar-refractivity contribution in [1.82, 2.24) is 14.5 Å². The molecule has 206 valence electrons. The van der Waals surface area contributed by atoms with Crippen LogP contribution in [0.2, 0.25) is 0 Å². The number of aromatic nitrogens is 2. The fourth-order valence-electron chi connectivity index (χ4n) is 5.07. The van der Waals surface area contributed by atoms with Crippen molar-refractivity contribution in [2.24, 2.45) is 5.92 Å². The van der Waals surface area contributed by atoms with E-state index in [1.807, 2.05) is 30.3 Å². The van der Waals surface area contributed by atoms with Crippen LogP contribution in [0.15, 0.2) is 53.3 Å². The van der Waals surface area contributed by atoms with Crippen molar-refractivity contribution in [3.05, 3.63) is 81.5 Å². The molecule has 2 aromatic carbocycles. The number of ether oxygens (including phenoxy) is 2. The third-order valence-electron chi connectivity index (χ3n) is 7.20. The first-order valence-corrected chi connectivity index (χ1v) is 12.5. The summed E-state index contributed by atoms with van der Waals surface area (Å²) < 4.78 is 61.6. The summed E-state index contributed by atoms with van der Waals surface area (Å²) in [5.41, 5.74) is 7.97. The van der Waals surface area contributed by atoms with E-state index < -0.39 is 29.8 Å². The zero-order valence-electron chi connectivity index (χ0n) is 20.8. The lowest BCUT2D eigenvalue weighted by molar-refractivity contribution is -0.274. The number of hydrogen-bond donors (Lipinski definition) is 1. The number of rotatable bonds is 6. The van der Waals surface area contributed by atoms with Gasteiger partial charge < -0.3 is 20.1 Å². The molecule has 0 bridgehead atoms. The van der Waals surface area contributed by atoms with Crippen molar-refractivity contribution in [2.75, 3.05) is 12.3 Å². The molecule has 1 aliphatic heterocycles. The monoisotopic (exact) mass is 546 g/mol. The number of nitrogens with zero attached hydrogens (tertiary/aromatic N) is 3. The van der Waals surface area contributed by atoms with Crippen LogP contribution < -0.4 is 20.8 Å². The van der Waals surface area contributed by atoms with Gasteiger partial charge >= 0.3 is 12.5 Å². The number of alkyl halides is 3. The molecule has 1 unspecified atom stereocenters. The van der Waals surface area contributed by atoms with Gasteiger partial charge in [0.15, 0.2) is 11.6 Å². The van der Waals surface area contributed by atoms with Gasteiger partial charge in [-0.15, -0.1) is 13.2 Å². The highest BCUT2D eigenvalue weighted by atomic mass is 19.4. The standard InChI is InChI=1S/C27H26F4N4O4/c28-20-14-18(39-27(29,30)31)9-10-23(20)38-26(37)34-12-11-19-21(15-34)33-25(32)35(24(19)36)22(17-7-4-8-17)13-16-5-2-1-3-6-16/h1-3,5-6,9-10,14,17,22H,4,7-8,11-13,15H2,(H2,32,33). The van der Waals surface area contributed by atoms with Crippen molar-refractivity contribution in [3.8, 4) is 11.5 Å². The highest BCUT2D eigenvalue weighted by molar-refractivity contribution is 5.71. The molecule has 2 N–H and O–H groups in total. The number of benzene rings is 2. The first-order valence-electron chi connectivity index (χ1n) is 12.5. The number of hydrogen-bond acceptors (Lipinski definition) is 6. The average molecular weight is 547 g/mol. The number of halogens is 4. The number of nitrogens with two attached hydrogens (primary N) is 1. The van der Waals surface area contributed by atoms with Crippen LogP contribution >= 0.6 is 0 Å². The lowest BCUT2D eigenvalue weighted by Gasteiger charge is -2.36. The number of carbonyl (C=O) groups excluding carboxylic acids is 1. The van der Waals surface area contributed by atoms with Gasteiger partial charge in [-0.2, -0.15) is 0 Å². The molecule has 0 spiro atoms. The normalized spacial score (nSPS) is 16.3. The van der Waals surface area contributed by atoms with Crippen LogP contribution in [0.1, 0.15) is 42.1 Å². The van der Waals surface area contributed by atoms with Gasteiger partial charge in [-0.3, -0.25) is 9.36 Å². The van der Waals surface area contributed by atoms with Gasteiger partial charge in [-0.1, -0.05) is 36.8 Å². The molecule has 8 nitrogen and oxygen atoms in total. The largest absolute Gasteiger partial charge is 0.573 e. The minimum atomic E-state index is -4.99. The molecule has 1 fully saturated rings. The molecule has 2 aliphatic rings. The zero-order valence-corrected chi connectivity index (χ0v) is 20.8. The molecule has 2 heterocycles. The van der Waals surface area contributed by atoms with Gasteiger partial charge in [0.1, 0.15) is 5.75 Å². The Labute approximate surface area is 221 Å². The van der Waals surface area contributed by atoms with E-state index in [9.17, 15) is 27.2 Å². The molecule has 12 heteroatoms. The number of carbonyl (C=O) groups is 1. The number of nitrogen functional groups attached to an aromatic ring is 1. The second-order valence-corrected chi connectivity index (χ2v) is 9.70. The topological polar surface area (TPSA) is 99.7 Å². The quantitative estimate of drug-likeness (QED) is 0.437. The van der Waals surface area contributed by atoms with Crippen molar-refractivity contribution in [3.63, 3.8) is 0 Å². The minimum Gasteiger partial charge on any atom is -0.407 e. The predicted molar refractivity (Wildman–Crippen MR) is 133 cm³/mol. The van der Waals surface area contributed by atoms with E-state index in [1.54, 1.807) is 4.57 Å². The van der Waals surface area contributed by atoms with E-state index >= 15 is 0 Å². The Morgan fingerprint density at radius 1 is 1.15 bits per heavy atom. The summed E-state index contributed by atoms with van der Waals surface area (Å²) in [5.74, 6) is -2.17. The van der Waals surface area contributed by atoms with Crippen LogP contribution in [-0.2, 0) is 19.4 Å². The van der Waals surface area contributed by atoms with Crippen LogP contribution in [-0.4, -0.2) is 33.5 Å². The Morgan fingerprint density at radius 2 is 1.90 bits per heavy atom. The van der Waals surface area contributed by atoms with Crippen LogP contribution in [0, 0.1) is 11.7 Å². The molecule has 1 atom stereocenters. The fourth-order valence-corrected chi connectivity index (χ4v) is 5.07. The summed E-state index contributed by atoms with van der Waals surface area (Å²) >= 11 is 0. The van der Waals surface area contributed by atoms with Crippen LogP contribution in [0.5, 0.6) is 11.5 Å². The van der Waals surface area contributed by atoms with E-state index in [2.05, 4.69) is 9.72 Å². The van der Waals surface area contributed by atoms with Gasteiger partial charge in [0, 0.05) is 24.2 Å². The smallest absolute Gasteiger partial charge is 0.407 e. The summed E-state index contributed by atoms with van der Waals surface area (Å²) in [7, 11) is 0. The lowest BCUT2D eigenvalue weighted by Crippen LogP contribution is -2.44. The SMILES string of the molecule is Nc1nc2c(c(=O)n1C(Cc1ccccc1)C1CCC1)CCN(C(=O)Oc1ccc(OC(F)(F)F)cc1F)C2. The van der Waals surface area contributed by atoms with Gasteiger partial charge in [0.2, 0.25) is 5.95 Å². The molecule has 5 rings (SSSR count). The van der Waals surface area contributed by atoms with Gasteiger partial charge in [-0.25, -0.2) is 14.2 Å². The maximum atomic E-state index is 14.3. The summed E-state index contributed by atoms with van der Waals surface area (Å²) in [5, 5.41) is 0. The van der Waals surface area contributed by atoms with Crippen LogP contribution in [0.25, 0.3) is 0 Å². The van der Waals surface area contributed by atoms with E-state index in [0.717, 1.165) is 37.0 Å². The van der Waals surface area contributed by atoms with Gasteiger partial charge in [0.05, 0.1) is 12.2 Å². The summed E-state index contributed by atoms with van der Waals surface area (Å²) in [6, 6.07) is 11.9. The molecule has 0 radical (unpaired) electrons. The first-order chi connectivity index (χ1) is 18.6. The third-order valence-corrected chi connectivity index (χ3v) is 7.20. The molecule has 1 aliphatic carbocycles. The maximum absolute atomic E-state index is 14.3.